The zero-order valence-corrected chi connectivity index (χ0v) is 18.0. The number of aryl methyl sites for hydroxylation is 2. The van der Waals surface area contributed by atoms with E-state index >= 15 is 0 Å². The van der Waals surface area contributed by atoms with Crippen LogP contribution in [0.5, 0.6) is 17.2 Å². The van der Waals surface area contributed by atoms with Gasteiger partial charge in [0.1, 0.15) is 22.1 Å². The predicted molar refractivity (Wildman–Crippen MR) is 110 cm³/mol. The molecule has 2 rings (SSSR count). The van der Waals surface area contributed by atoms with E-state index in [1.807, 2.05) is 13.8 Å². The summed E-state index contributed by atoms with van der Waals surface area (Å²) in [5, 5.41) is 2.67. The first-order valence-electron chi connectivity index (χ1n) is 8.88. The van der Waals surface area contributed by atoms with Gasteiger partial charge in [-0.15, -0.1) is 0 Å². The topological polar surface area (TPSA) is 103 Å². The number of ether oxygens (including phenoxy) is 3. The molecule has 158 valence electrons. The van der Waals surface area contributed by atoms with E-state index in [0.29, 0.717) is 17.1 Å². The summed E-state index contributed by atoms with van der Waals surface area (Å²) < 4.78 is 43.2. The Kier molecular flexibility index (Phi) is 7.46. The summed E-state index contributed by atoms with van der Waals surface area (Å²) in [6, 6.07) is 8.05. The van der Waals surface area contributed by atoms with Crippen LogP contribution in [0.4, 0.5) is 0 Å². The number of rotatable bonds is 9. The van der Waals surface area contributed by atoms with Crippen molar-refractivity contribution in [1.82, 2.24) is 10.0 Å². The van der Waals surface area contributed by atoms with Crippen LogP contribution in [0.1, 0.15) is 21.5 Å². The molecule has 2 N–H and O–H groups in total. The highest BCUT2D eigenvalue weighted by Gasteiger charge is 2.20. The third-order valence-electron chi connectivity index (χ3n) is 4.39. The molecule has 9 heteroatoms. The highest BCUT2D eigenvalue weighted by molar-refractivity contribution is 7.89. The van der Waals surface area contributed by atoms with Gasteiger partial charge in [0, 0.05) is 24.7 Å². The standard InChI is InChI=1S/C20H26N2O6S/c1-13-8-18(28-5)19(9-14(13)2)29(24,25)22-7-6-21-20(23)15-10-16(26-3)12-17(11-15)27-4/h8-12,22H,6-7H2,1-5H3,(H,21,23). The SMILES string of the molecule is COc1cc(OC)cc(C(=O)NCCNS(=O)(=O)c2cc(C)c(C)cc2OC)c1. The average molecular weight is 423 g/mol. The lowest BCUT2D eigenvalue weighted by atomic mass is 10.1. The van der Waals surface area contributed by atoms with Crippen molar-refractivity contribution in [3.8, 4) is 17.2 Å². The van der Waals surface area contributed by atoms with E-state index in [2.05, 4.69) is 10.0 Å². The van der Waals surface area contributed by atoms with E-state index in [4.69, 9.17) is 14.2 Å². The fourth-order valence-electron chi connectivity index (χ4n) is 2.61. The molecular weight excluding hydrogens is 396 g/mol. The van der Waals surface area contributed by atoms with Crippen LogP contribution in [0, 0.1) is 13.8 Å². The summed E-state index contributed by atoms with van der Waals surface area (Å²) in [7, 11) is 0.615. The van der Waals surface area contributed by atoms with E-state index in [-0.39, 0.29) is 29.6 Å². The van der Waals surface area contributed by atoms with Crippen LogP contribution >= 0.6 is 0 Å². The van der Waals surface area contributed by atoms with Crippen molar-refractivity contribution in [2.45, 2.75) is 18.7 Å². The van der Waals surface area contributed by atoms with Crippen LogP contribution in [0.15, 0.2) is 35.2 Å². The van der Waals surface area contributed by atoms with Gasteiger partial charge in [-0.25, -0.2) is 13.1 Å². The fourth-order valence-corrected chi connectivity index (χ4v) is 3.88. The summed E-state index contributed by atoms with van der Waals surface area (Å²) in [5.41, 5.74) is 2.12. The van der Waals surface area contributed by atoms with Crippen LogP contribution in [0.2, 0.25) is 0 Å². The molecule has 1 amide bonds. The molecule has 0 spiro atoms. The summed E-state index contributed by atoms with van der Waals surface area (Å²) in [5.74, 6) is 0.868. The minimum Gasteiger partial charge on any atom is -0.497 e. The lowest BCUT2D eigenvalue weighted by molar-refractivity contribution is 0.0953. The van der Waals surface area contributed by atoms with Crippen molar-refractivity contribution in [3.05, 3.63) is 47.0 Å². The monoisotopic (exact) mass is 422 g/mol. The zero-order valence-electron chi connectivity index (χ0n) is 17.2. The molecular formula is C20H26N2O6S. The van der Waals surface area contributed by atoms with Crippen LogP contribution in [-0.4, -0.2) is 48.7 Å². The van der Waals surface area contributed by atoms with Crippen molar-refractivity contribution in [3.63, 3.8) is 0 Å². The van der Waals surface area contributed by atoms with Crippen LogP contribution in [0.3, 0.4) is 0 Å². The van der Waals surface area contributed by atoms with Gasteiger partial charge >= 0.3 is 0 Å². The normalized spacial score (nSPS) is 11.1. The Balaban J connectivity index is 2.02. The number of nitrogens with one attached hydrogen (secondary N) is 2. The van der Waals surface area contributed by atoms with Gasteiger partial charge in [-0.1, -0.05) is 0 Å². The minimum atomic E-state index is -3.79. The van der Waals surface area contributed by atoms with Gasteiger partial charge in [-0.2, -0.15) is 0 Å². The van der Waals surface area contributed by atoms with Crippen molar-refractivity contribution >= 4 is 15.9 Å². The maximum atomic E-state index is 12.6. The molecule has 0 radical (unpaired) electrons. The van der Waals surface area contributed by atoms with Crippen molar-refractivity contribution in [2.24, 2.45) is 0 Å². The third kappa shape index (κ3) is 5.61. The van der Waals surface area contributed by atoms with E-state index in [9.17, 15) is 13.2 Å². The molecule has 0 atom stereocenters. The predicted octanol–water partition coefficient (Wildman–Crippen LogP) is 2.04. The van der Waals surface area contributed by atoms with Crippen LogP contribution < -0.4 is 24.2 Å². The van der Waals surface area contributed by atoms with Gasteiger partial charge < -0.3 is 19.5 Å². The highest BCUT2D eigenvalue weighted by Crippen LogP contribution is 2.27. The first-order chi connectivity index (χ1) is 13.7. The number of amides is 1. The van der Waals surface area contributed by atoms with Gasteiger partial charge in [0.05, 0.1) is 21.3 Å². The largest absolute Gasteiger partial charge is 0.497 e. The molecule has 0 aliphatic carbocycles. The third-order valence-corrected chi connectivity index (χ3v) is 5.87. The molecule has 2 aromatic rings. The highest BCUT2D eigenvalue weighted by atomic mass is 32.2. The maximum absolute atomic E-state index is 12.6. The van der Waals surface area contributed by atoms with Crippen LogP contribution in [-0.2, 0) is 10.0 Å². The van der Waals surface area contributed by atoms with Crippen molar-refractivity contribution in [1.29, 1.82) is 0 Å². The first kappa shape index (κ1) is 22.5. The molecule has 8 nitrogen and oxygen atoms in total. The van der Waals surface area contributed by atoms with Gasteiger partial charge in [0.25, 0.3) is 5.91 Å². The van der Waals surface area contributed by atoms with Crippen LogP contribution in [0.25, 0.3) is 0 Å². The van der Waals surface area contributed by atoms with E-state index < -0.39 is 10.0 Å². The van der Waals surface area contributed by atoms with E-state index in [1.165, 1.54) is 21.3 Å². The van der Waals surface area contributed by atoms with Crippen molar-refractivity contribution < 1.29 is 27.4 Å². The number of carbonyl (C=O) groups excluding carboxylic acids is 1. The van der Waals surface area contributed by atoms with Gasteiger partial charge in [0.15, 0.2) is 0 Å². The summed E-state index contributed by atoms with van der Waals surface area (Å²) in [6.07, 6.45) is 0. The van der Waals surface area contributed by atoms with Gasteiger partial charge in [-0.3, -0.25) is 4.79 Å². The van der Waals surface area contributed by atoms with Crippen molar-refractivity contribution in [2.75, 3.05) is 34.4 Å². The Bertz CT molecular complexity index is 966. The van der Waals surface area contributed by atoms with E-state index in [1.54, 1.807) is 30.3 Å². The summed E-state index contributed by atoms with van der Waals surface area (Å²) >= 11 is 0. The number of hydrogen-bond acceptors (Lipinski definition) is 6. The number of hydrogen-bond donors (Lipinski definition) is 2. The number of carbonyl (C=O) groups is 1. The molecule has 0 bridgehead atoms. The molecule has 0 saturated carbocycles. The Morgan fingerprint density at radius 3 is 2.00 bits per heavy atom. The Hall–Kier alpha value is -2.78. The fraction of sp³-hybridized carbons (Fsp3) is 0.350. The quantitative estimate of drug-likeness (QED) is 0.600. The Labute approximate surface area is 171 Å². The minimum absolute atomic E-state index is 0.0191. The molecule has 29 heavy (non-hydrogen) atoms. The number of methoxy groups -OCH3 is 3. The second-order valence-corrected chi connectivity index (χ2v) is 8.08. The second kappa shape index (κ2) is 9.62. The summed E-state index contributed by atoms with van der Waals surface area (Å²) in [6.45, 7) is 3.83. The number of sulfonamides is 1. The molecule has 0 aliphatic heterocycles. The van der Waals surface area contributed by atoms with Gasteiger partial charge in [-0.05, 0) is 49.2 Å². The molecule has 0 aromatic heterocycles. The molecule has 2 aromatic carbocycles. The lowest BCUT2D eigenvalue weighted by Crippen LogP contribution is -2.34. The Morgan fingerprint density at radius 2 is 1.45 bits per heavy atom. The maximum Gasteiger partial charge on any atom is 0.251 e. The summed E-state index contributed by atoms with van der Waals surface area (Å²) in [4.78, 5) is 12.4. The average Bonchev–Trinajstić information content (AvgIpc) is 2.71. The smallest absolute Gasteiger partial charge is 0.251 e. The lowest BCUT2D eigenvalue weighted by Gasteiger charge is -2.13. The van der Waals surface area contributed by atoms with Gasteiger partial charge in [0.2, 0.25) is 10.0 Å². The second-order valence-electron chi connectivity index (χ2n) is 6.34. The Morgan fingerprint density at radius 1 is 0.862 bits per heavy atom. The van der Waals surface area contributed by atoms with E-state index in [0.717, 1.165) is 11.1 Å². The molecule has 0 heterocycles. The molecule has 0 aliphatic rings. The molecule has 0 unspecified atom stereocenters. The first-order valence-corrected chi connectivity index (χ1v) is 10.4. The molecule has 0 fully saturated rings. The molecule has 0 saturated heterocycles. The number of benzene rings is 2. The zero-order chi connectivity index (χ0) is 21.6.